The summed E-state index contributed by atoms with van der Waals surface area (Å²) < 4.78 is 16.1. The quantitative estimate of drug-likeness (QED) is 0.404. The summed E-state index contributed by atoms with van der Waals surface area (Å²) in [5.41, 5.74) is 0.467. The molecule has 3 rings (SSSR count). The Balaban J connectivity index is 1.83. The summed E-state index contributed by atoms with van der Waals surface area (Å²) in [6.45, 7) is 9.74. The van der Waals surface area contributed by atoms with Crippen LogP contribution < -0.4 is 5.32 Å². The Labute approximate surface area is 211 Å². The highest BCUT2D eigenvalue weighted by molar-refractivity contribution is 6.33. The number of rotatable bonds is 6. The lowest BCUT2D eigenvalue weighted by atomic mass is 9.81. The first kappa shape index (κ1) is 26.5. The Morgan fingerprint density at radius 3 is 2.11 bits per heavy atom. The Morgan fingerprint density at radius 2 is 1.57 bits per heavy atom. The maximum atomic E-state index is 12.8. The minimum absolute atomic E-state index is 0.0216. The summed E-state index contributed by atoms with van der Waals surface area (Å²) in [6, 6.07) is 14.7. The lowest BCUT2D eigenvalue weighted by molar-refractivity contribution is -0.250. The van der Waals surface area contributed by atoms with Crippen LogP contribution in [0.15, 0.2) is 48.5 Å². The zero-order valence-corrected chi connectivity index (χ0v) is 21.7. The molecule has 188 valence electrons. The van der Waals surface area contributed by atoms with Crippen molar-refractivity contribution < 1.29 is 28.6 Å². The molecule has 35 heavy (non-hydrogen) atoms. The van der Waals surface area contributed by atoms with Gasteiger partial charge in [0, 0.05) is 30.5 Å². The first-order valence-electron chi connectivity index (χ1n) is 11.5. The van der Waals surface area contributed by atoms with E-state index in [0.29, 0.717) is 11.4 Å². The third kappa shape index (κ3) is 6.75. The van der Waals surface area contributed by atoms with Gasteiger partial charge in [-0.2, -0.15) is 0 Å². The van der Waals surface area contributed by atoms with Crippen LogP contribution in [0, 0.1) is 5.41 Å². The van der Waals surface area contributed by atoms with Gasteiger partial charge in [0.2, 0.25) is 0 Å². The predicted molar refractivity (Wildman–Crippen MR) is 133 cm³/mol. The van der Waals surface area contributed by atoms with Crippen molar-refractivity contribution in [2.75, 3.05) is 0 Å². The maximum Gasteiger partial charge on any atom is 0.407 e. The molecule has 1 fully saturated rings. The zero-order valence-electron chi connectivity index (χ0n) is 20.9. The molecule has 2 aromatic carbocycles. The molecule has 1 N–H and O–H groups in total. The van der Waals surface area contributed by atoms with Crippen molar-refractivity contribution in [1.29, 1.82) is 0 Å². The van der Waals surface area contributed by atoms with Gasteiger partial charge in [-0.05, 0) is 57.7 Å². The molecular weight excluding hydrogens is 470 g/mol. The van der Waals surface area contributed by atoms with Crippen molar-refractivity contribution in [2.24, 2.45) is 5.41 Å². The molecule has 0 saturated carbocycles. The van der Waals surface area contributed by atoms with Gasteiger partial charge in [0.1, 0.15) is 5.60 Å². The highest BCUT2D eigenvalue weighted by atomic mass is 35.5. The molecule has 0 bridgehead atoms. The summed E-state index contributed by atoms with van der Waals surface area (Å²) in [5, 5.41) is 3.46. The van der Waals surface area contributed by atoms with Crippen molar-refractivity contribution in [2.45, 2.75) is 71.8 Å². The van der Waals surface area contributed by atoms with Crippen LogP contribution >= 0.6 is 11.6 Å². The normalized spacial score (nSPS) is 17.7. The second-order valence-electron chi connectivity index (χ2n) is 10.4. The minimum Gasteiger partial charge on any atom is -0.444 e. The van der Waals surface area contributed by atoms with Gasteiger partial charge in [-0.25, -0.2) is 4.79 Å². The van der Waals surface area contributed by atoms with Gasteiger partial charge in [0.15, 0.2) is 5.41 Å². The van der Waals surface area contributed by atoms with Gasteiger partial charge in [-0.1, -0.05) is 54.1 Å². The van der Waals surface area contributed by atoms with E-state index in [1.54, 1.807) is 20.8 Å². The summed E-state index contributed by atoms with van der Waals surface area (Å²) in [5.74, 6) is -2.72. The number of nitrogens with one attached hydrogen (secondary N) is 1. The number of hydrogen-bond acceptors (Lipinski definition) is 6. The number of cyclic esters (lactones) is 2. The number of amides is 1. The SMILES string of the molecule is CC(C)(C)OC(=O)N[C@H](Cc1ccc(-c2ccccc2Cl)cc1)CC1(C)C(=O)OC(C)(C)OC1=O. The van der Waals surface area contributed by atoms with Gasteiger partial charge in [-0.3, -0.25) is 9.59 Å². The first-order valence-corrected chi connectivity index (χ1v) is 11.9. The molecule has 1 saturated heterocycles. The zero-order chi connectivity index (χ0) is 26.0. The summed E-state index contributed by atoms with van der Waals surface area (Å²) >= 11 is 6.32. The molecule has 8 heteroatoms. The van der Waals surface area contributed by atoms with E-state index in [-0.39, 0.29) is 6.42 Å². The van der Waals surface area contributed by atoms with Gasteiger partial charge < -0.3 is 19.5 Å². The highest BCUT2D eigenvalue weighted by Gasteiger charge is 2.53. The number of carbonyl (C=O) groups is 3. The van der Waals surface area contributed by atoms with Crippen LogP contribution in [0.3, 0.4) is 0 Å². The largest absolute Gasteiger partial charge is 0.444 e. The summed E-state index contributed by atoms with van der Waals surface area (Å²) in [4.78, 5) is 38.2. The predicted octanol–water partition coefficient (Wildman–Crippen LogP) is 5.68. The Hall–Kier alpha value is -3.06. The monoisotopic (exact) mass is 501 g/mol. The number of alkyl carbamates (subject to hydrolysis) is 1. The molecule has 1 aliphatic heterocycles. The van der Waals surface area contributed by atoms with Crippen LogP contribution in [0.5, 0.6) is 0 Å². The number of carbonyl (C=O) groups excluding carboxylic acids is 3. The third-order valence-electron chi connectivity index (χ3n) is 5.57. The molecule has 1 amide bonds. The third-order valence-corrected chi connectivity index (χ3v) is 5.90. The van der Waals surface area contributed by atoms with Crippen LogP contribution in [0.2, 0.25) is 5.02 Å². The van der Waals surface area contributed by atoms with Crippen molar-refractivity contribution in [3.63, 3.8) is 0 Å². The fraction of sp³-hybridized carbons (Fsp3) is 0.444. The van der Waals surface area contributed by atoms with Gasteiger partial charge in [-0.15, -0.1) is 0 Å². The van der Waals surface area contributed by atoms with E-state index < -0.39 is 40.9 Å². The van der Waals surface area contributed by atoms with Crippen molar-refractivity contribution >= 4 is 29.6 Å². The molecular formula is C27H32ClNO6. The van der Waals surface area contributed by atoms with E-state index in [4.69, 9.17) is 25.8 Å². The lowest BCUT2D eigenvalue weighted by Crippen LogP contribution is -2.55. The highest BCUT2D eigenvalue weighted by Crippen LogP contribution is 2.36. The van der Waals surface area contributed by atoms with Crippen LogP contribution in [-0.4, -0.2) is 35.5 Å². The molecule has 0 unspecified atom stereocenters. The molecule has 0 radical (unpaired) electrons. The Bertz CT molecular complexity index is 1080. The Kier molecular flexibility index (Phi) is 7.50. The van der Waals surface area contributed by atoms with Crippen LogP contribution in [-0.2, 0) is 30.2 Å². The number of benzene rings is 2. The molecule has 1 heterocycles. The second kappa shape index (κ2) is 9.90. The van der Waals surface area contributed by atoms with Gasteiger partial charge in [0.25, 0.3) is 5.79 Å². The fourth-order valence-electron chi connectivity index (χ4n) is 3.88. The number of halogens is 1. The van der Waals surface area contributed by atoms with E-state index in [1.165, 1.54) is 20.8 Å². The van der Waals surface area contributed by atoms with Gasteiger partial charge >= 0.3 is 18.0 Å². The molecule has 1 atom stereocenters. The average Bonchev–Trinajstić information content (AvgIpc) is 2.71. The summed E-state index contributed by atoms with van der Waals surface area (Å²) in [7, 11) is 0. The molecule has 7 nitrogen and oxygen atoms in total. The number of hydrogen-bond donors (Lipinski definition) is 1. The van der Waals surface area contributed by atoms with Crippen molar-refractivity contribution in [3.8, 4) is 11.1 Å². The van der Waals surface area contributed by atoms with Crippen LogP contribution in [0.25, 0.3) is 11.1 Å². The standard InChI is InChI=1S/C27H32ClNO6/c1-25(2,3)35-24(32)29-19(16-27(6)22(30)33-26(4,5)34-23(27)31)15-17-11-13-18(14-12-17)20-9-7-8-10-21(20)28/h7-14,19H,15-16H2,1-6H3,(H,29,32)/t19-/m1/s1. The van der Waals surface area contributed by atoms with Crippen molar-refractivity contribution in [3.05, 3.63) is 59.1 Å². The van der Waals surface area contributed by atoms with E-state index in [1.807, 2.05) is 48.5 Å². The molecule has 1 aliphatic rings. The molecule has 2 aromatic rings. The second-order valence-corrected chi connectivity index (χ2v) is 10.8. The first-order chi connectivity index (χ1) is 16.2. The molecule has 0 spiro atoms. The van der Waals surface area contributed by atoms with Crippen LogP contribution in [0.4, 0.5) is 4.79 Å². The number of esters is 2. The van der Waals surface area contributed by atoms with E-state index in [2.05, 4.69) is 5.32 Å². The average molecular weight is 502 g/mol. The van der Waals surface area contributed by atoms with E-state index >= 15 is 0 Å². The summed E-state index contributed by atoms with van der Waals surface area (Å²) in [6.07, 6.45) is -0.315. The van der Waals surface area contributed by atoms with Gasteiger partial charge in [0.05, 0.1) is 0 Å². The smallest absolute Gasteiger partial charge is 0.407 e. The molecule has 0 aromatic heterocycles. The number of ether oxygens (including phenoxy) is 3. The van der Waals surface area contributed by atoms with E-state index in [9.17, 15) is 14.4 Å². The minimum atomic E-state index is -1.58. The topological polar surface area (TPSA) is 90.9 Å². The van der Waals surface area contributed by atoms with Crippen molar-refractivity contribution in [1.82, 2.24) is 5.32 Å². The maximum absolute atomic E-state index is 12.8. The lowest BCUT2D eigenvalue weighted by Gasteiger charge is -2.39. The van der Waals surface area contributed by atoms with E-state index in [0.717, 1.165) is 16.7 Å². The Morgan fingerprint density at radius 1 is 1.00 bits per heavy atom. The molecule has 0 aliphatic carbocycles. The fourth-order valence-corrected chi connectivity index (χ4v) is 4.13. The van der Waals surface area contributed by atoms with Crippen LogP contribution in [0.1, 0.15) is 53.5 Å².